The molecular weight excluding hydrogens is 240 g/mol. The number of halogens is 1. The molecule has 0 spiro atoms. The van der Waals surface area contributed by atoms with Crippen LogP contribution in [0.2, 0.25) is 5.02 Å². The van der Waals surface area contributed by atoms with Crippen molar-refractivity contribution in [1.29, 1.82) is 0 Å². The van der Waals surface area contributed by atoms with Crippen molar-refractivity contribution < 1.29 is 5.11 Å². The van der Waals surface area contributed by atoms with E-state index in [1.165, 1.54) is 0 Å². The Morgan fingerprint density at radius 2 is 2.24 bits per heavy atom. The maximum atomic E-state index is 8.81. The van der Waals surface area contributed by atoms with Gasteiger partial charge in [0.1, 0.15) is 10.8 Å². The fourth-order valence-corrected chi connectivity index (χ4v) is 1.49. The van der Waals surface area contributed by atoms with Gasteiger partial charge in [-0.3, -0.25) is 0 Å². The summed E-state index contributed by atoms with van der Waals surface area (Å²) in [6.07, 6.45) is 2.33. The Kier molecular flexibility index (Phi) is 6.00. The maximum absolute atomic E-state index is 8.81. The molecule has 0 bridgehead atoms. The minimum atomic E-state index is 0.197. The third kappa shape index (κ3) is 4.75. The summed E-state index contributed by atoms with van der Waals surface area (Å²) in [4.78, 5) is 8.32. The van der Waals surface area contributed by atoms with Crippen molar-refractivity contribution in [3.8, 4) is 0 Å². The van der Waals surface area contributed by atoms with Crippen molar-refractivity contribution in [2.45, 2.75) is 20.3 Å². The first-order valence-corrected chi connectivity index (χ1v) is 6.16. The molecule has 6 heteroatoms. The summed E-state index contributed by atoms with van der Waals surface area (Å²) < 4.78 is 0. The van der Waals surface area contributed by atoms with Gasteiger partial charge in [-0.1, -0.05) is 18.5 Å². The van der Waals surface area contributed by atoms with Crippen LogP contribution in [-0.4, -0.2) is 34.8 Å². The first-order chi connectivity index (χ1) is 8.17. The summed E-state index contributed by atoms with van der Waals surface area (Å²) in [6, 6.07) is 0. The average Bonchev–Trinajstić information content (AvgIpc) is 2.30. The molecule has 0 fully saturated rings. The lowest BCUT2D eigenvalue weighted by Crippen LogP contribution is -2.14. The number of nitrogens with zero attached hydrogens (tertiary/aromatic N) is 2. The molecule has 3 N–H and O–H groups in total. The van der Waals surface area contributed by atoms with Crippen LogP contribution < -0.4 is 10.6 Å². The topological polar surface area (TPSA) is 70.1 Å². The van der Waals surface area contributed by atoms with E-state index in [0.717, 1.165) is 19.5 Å². The number of rotatable bonds is 7. The summed E-state index contributed by atoms with van der Waals surface area (Å²) in [5.41, 5.74) is 0. The third-order valence-corrected chi connectivity index (χ3v) is 2.60. The molecule has 0 aliphatic rings. The number of anilines is 2. The molecule has 0 aliphatic heterocycles. The number of nitrogens with one attached hydrogen (secondary N) is 2. The fraction of sp³-hybridized carbons (Fsp3) is 0.636. The molecule has 1 heterocycles. The van der Waals surface area contributed by atoms with E-state index in [-0.39, 0.29) is 6.61 Å². The molecule has 0 saturated carbocycles. The molecule has 1 atom stereocenters. The second-order valence-electron chi connectivity index (χ2n) is 3.92. The van der Waals surface area contributed by atoms with E-state index < -0.39 is 0 Å². The summed E-state index contributed by atoms with van der Waals surface area (Å²) in [7, 11) is 0. The molecule has 17 heavy (non-hydrogen) atoms. The Morgan fingerprint density at radius 3 is 2.88 bits per heavy atom. The lowest BCUT2D eigenvalue weighted by Gasteiger charge is -2.13. The van der Waals surface area contributed by atoms with Gasteiger partial charge < -0.3 is 15.7 Å². The molecule has 0 amide bonds. The van der Waals surface area contributed by atoms with Crippen LogP contribution in [0.4, 0.5) is 11.8 Å². The highest BCUT2D eigenvalue weighted by Gasteiger charge is 2.06. The van der Waals surface area contributed by atoms with Gasteiger partial charge >= 0.3 is 0 Å². The first-order valence-electron chi connectivity index (χ1n) is 5.78. The molecule has 96 valence electrons. The smallest absolute Gasteiger partial charge is 0.224 e. The van der Waals surface area contributed by atoms with Crippen LogP contribution in [0.1, 0.15) is 20.3 Å². The summed E-state index contributed by atoms with van der Waals surface area (Å²) >= 11 is 5.99. The molecule has 1 aromatic rings. The molecule has 0 radical (unpaired) electrons. The Bertz CT molecular complexity index is 348. The van der Waals surface area contributed by atoms with E-state index in [1.807, 2.05) is 6.92 Å². The number of aromatic nitrogens is 2. The Labute approximate surface area is 107 Å². The van der Waals surface area contributed by atoms with Crippen molar-refractivity contribution in [3.63, 3.8) is 0 Å². The summed E-state index contributed by atoms with van der Waals surface area (Å²) in [6.45, 7) is 5.73. The highest BCUT2D eigenvalue weighted by atomic mass is 35.5. The van der Waals surface area contributed by atoms with E-state index >= 15 is 0 Å². The van der Waals surface area contributed by atoms with Crippen molar-refractivity contribution in [2.24, 2.45) is 5.92 Å². The van der Waals surface area contributed by atoms with Crippen LogP contribution in [0.3, 0.4) is 0 Å². The quantitative estimate of drug-likeness (QED) is 0.698. The molecule has 5 nitrogen and oxygen atoms in total. The molecular formula is C11H19ClN4O. The minimum Gasteiger partial charge on any atom is -0.396 e. The van der Waals surface area contributed by atoms with Gasteiger partial charge in [-0.05, 0) is 19.3 Å². The number of hydrogen-bond donors (Lipinski definition) is 3. The monoisotopic (exact) mass is 258 g/mol. The van der Waals surface area contributed by atoms with Crippen LogP contribution in [-0.2, 0) is 0 Å². The molecule has 0 aliphatic carbocycles. The molecule has 1 rings (SSSR count). The molecule has 0 aromatic carbocycles. The second kappa shape index (κ2) is 7.29. The Balaban J connectivity index is 2.59. The number of aliphatic hydroxyl groups excluding tert-OH is 1. The van der Waals surface area contributed by atoms with Crippen LogP contribution in [0.5, 0.6) is 0 Å². The zero-order valence-corrected chi connectivity index (χ0v) is 11.0. The highest BCUT2D eigenvalue weighted by Crippen LogP contribution is 2.19. The maximum Gasteiger partial charge on any atom is 0.224 e. The van der Waals surface area contributed by atoms with Crippen LogP contribution >= 0.6 is 11.6 Å². The van der Waals surface area contributed by atoms with Gasteiger partial charge in [0, 0.05) is 19.7 Å². The van der Waals surface area contributed by atoms with Crippen LogP contribution in [0.25, 0.3) is 0 Å². The Morgan fingerprint density at radius 1 is 1.47 bits per heavy atom. The van der Waals surface area contributed by atoms with E-state index in [2.05, 4.69) is 27.5 Å². The lowest BCUT2D eigenvalue weighted by molar-refractivity contribution is 0.266. The van der Waals surface area contributed by atoms with E-state index in [9.17, 15) is 0 Å². The standard InChI is InChI=1S/C11H19ClN4O/c1-3-13-11-15-7-9(12)10(16-11)14-6-8(2)4-5-17/h7-8,17H,3-6H2,1-2H3,(H2,13,14,15,16). The normalized spacial score (nSPS) is 12.2. The molecule has 0 saturated heterocycles. The summed E-state index contributed by atoms with van der Waals surface area (Å²) in [5, 5.41) is 15.5. The van der Waals surface area contributed by atoms with Crippen LogP contribution in [0.15, 0.2) is 6.20 Å². The summed E-state index contributed by atoms with van der Waals surface area (Å²) in [5.74, 6) is 1.56. The largest absolute Gasteiger partial charge is 0.396 e. The highest BCUT2D eigenvalue weighted by molar-refractivity contribution is 6.32. The van der Waals surface area contributed by atoms with Gasteiger partial charge in [-0.25, -0.2) is 4.98 Å². The minimum absolute atomic E-state index is 0.197. The molecule has 1 aromatic heterocycles. The average molecular weight is 259 g/mol. The second-order valence-corrected chi connectivity index (χ2v) is 4.33. The zero-order chi connectivity index (χ0) is 12.7. The van der Waals surface area contributed by atoms with E-state index in [0.29, 0.717) is 22.7 Å². The fourth-order valence-electron chi connectivity index (χ4n) is 1.33. The SMILES string of the molecule is CCNc1ncc(Cl)c(NCC(C)CCO)n1. The van der Waals surface area contributed by atoms with Crippen molar-refractivity contribution in [1.82, 2.24) is 9.97 Å². The first kappa shape index (κ1) is 14.0. The van der Waals surface area contributed by atoms with Gasteiger partial charge in [0.25, 0.3) is 0 Å². The molecule has 1 unspecified atom stereocenters. The van der Waals surface area contributed by atoms with Gasteiger partial charge in [0.15, 0.2) is 0 Å². The zero-order valence-electron chi connectivity index (χ0n) is 10.2. The predicted octanol–water partition coefficient (Wildman–Crippen LogP) is 1.99. The van der Waals surface area contributed by atoms with Gasteiger partial charge in [-0.15, -0.1) is 0 Å². The number of aliphatic hydroxyl groups is 1. The van der Waals surface area contributed by atoms with Crippen molar-refractivity contribution >= 4 is 23.4 Å². The predicted molar refractivity (Wildman–Crippen MR) is 70.6 cm³/mol. The van der Waals surface area contributed by atoms with Gasteiger partial charge in [-0.2, -0.15) is 4.98 Å². The lowest BCUT2D eigenvalue weighted by atomic mass is 10.1. The van der Waals surface area contributed by atoms with Crippen LogP contribution in [0, 0.1) is 5.92 Å². The van der Waals surface area contributed by atoms with Gasteiger partial charge in [0.05, 0.1) is 6.20 Å². The van der Waals surface area contributed by atoms with Crippen molar-refractivity contribution in [2.75, 3.05) is 30.3 Å². The third-order valence-electron chi connectivity index (χ3n) is 2.32. The van der Waals surface area contributed by atoms with E-state index in [1.54, 1.807) is 6.20 Å². The number of hydrogen-bond acceptors (Lipinski definition) is 5. The van der Waals surface area contributed by atoms with Crippen molar-refractivity contribution in [3.05, 3.63) is 11.2 Å². The van der Waals surface area contributed by atoms with Gasteiger partial charge in [0.2, 0.25) is 5.95 Å². The van der Waals surface area contributed by atoms with E-state index in [4.69, 9.17) is 16.7 Å². The Hall–Kier alpha value is -1.07.